The van der Waals surface area contributed by atoms with Crippen LogP contribution in [0.1, 0.15) is 36.8 Å². The summed E-state index contributed by atoms with van der Waals surface area (Å²) in [4.78, 5) is 4.66. The zero-order chi connectivity index (χ0) is 11.5. The summed E-state index contributed by atoms with van der Waals surface area (Å²) in [6.07, 6.45) is 6.61. The van der Waals surface area contributed by atoms with Crippen LogP contribution in [0.15, 0.2) is 10.7 Å². The van der Waals surface area contributed by atoms with E-state index in [2.05, 4.69) is 15.6 Å². The van der Waals surface area contributed by atoms with Gasteiger partial charge in [0, 0.05) is 18.9 Å². The van der Waals surface area contributed by atoms with Gasteiger partial charge >= 0.3 is 0 Å². The number of nitrogens with zero attached hydrogens (tertiary/aromatic N) is 1. The van der Waals surface area contributed by atoms with E-state index in [1.807, 2.05) is 6.26 Å². The monoisotopic (exact) mass is 235 g/mol. The molecule has 2 atom stereocenters. The molecule has 4 nitrogen and oxygen atoms in total. The van der Waals surface area contributed by atoms with Crippen LogP contribution >= 0.6 is 0 Å². The van der Waals surface area contributed by atoms with Gasteiger partial charge in [-0.2, -0.15) is 0 Å². The van der Waals surface area contributed by atoms with E-state index in [1.54, 1.807) is 0 Å². The molecule has 2 aliphatic rings. The maximum absolute atomic E-state index is 5.61. The van der Waals surface area contributed by atoms with E-state index in [1.165, 1.54) is 19.3 Å². The average Bonchev–Trinajstić information content (AvgIpc) is 3.02. The quantitative estimate of drug-likeness (QED) is 0.829. The van der Waals surface area contributed by atoms with Crippen molar-refractivity contribution in [3.63, 3.8) is 0 Å². The van der Waals surface area contributed by atoms with Crippen LogP contribution < -0.4 is 10.6 Å². The molecular formula is C13H21N3O. The van der Waals surface area contributed by atoms with Crippen molar-refractivity contribution in [2.45, 2.75) is 31.6 Å². The molecule has 0 radical (unpaired) electrons. The first-order chi connectivity index (χ1) is 8.42. The standard InChI is InChI=1S/C13H21N3O/c1-2-11(8-14-4-1)12-9-17-13(16-12)6-10-3-5-15-7-10/h9-11,14-15H,1-8H2. The lowest BCUT2D eigenvalue weighted by atomic mass is 9.97. The third kappa shape index (κ3) is 2.69. The van der Waals surface area contributed by atoms with E-state index in [0.29, 0.717) is 11.8 Å². The fourth-order valence-electron chi connectivity index (χ4n) is 2.85. The first-order valence-electron chi connectivity index (χ1n) is 6.77. The van der Waals surface area contributed by atoms with Gasteiger partial charge in [0.1, 0.15) is 6.26 Å². The van der Waals surface area contributed by atoms with Crippen LogP contribution in [0.4, 0.5) is 0 Å². The maximum Gasteiger partial charge on any atom is 0.194 e. The Morgan fingerprint density at radius 2 is 2.18 bits per heavy atom. The fourth-order valence-corrected chi connectivity index (χ4v) is 2.85. The summed E-state index contributed by atoms with van der Waals surface area (Å²) in [5.41, 5.74) is 1.15. The number of nitrogens with one attached hydrogen (secondary N) is 2. The molecule has 17 heavy (non-hydrogen) atoms. The molecule has 0 aromatic carbocycles. The van der Waals surface area contributed by atoms with E-state index in [9.17, 15) is 0 Å². The Bertz CT molecular complexity index is 351. The molecule has 3 rings (SSSR count). The highest BCUT2D eigenvalue weighted by Crippen LogP contribution is 2.23. The lowest BCUT2D eigenvalue weighted by molar-refractivity contribution is 0.440. The van der Waals surface area contributed by atoms with Gasteiger partial charge in [-0.15, -0.1) is 0 Å². The average molecular weight is 235 g/mol. The molecule has 2 fully saturated rings. The summed E-state index contributed by atoms with van der Waals surface area (Å²) in [6.45, 7) is 4.46. The van der Waals surface area contributed by atoms with Crippen LogP contribution in [0.2, 0.25) is 0 Å². The topological polar surface area (TPSA) is 50.1 Å². The Balaban J connectivity index is 1.60. The molecule has 0 amide bonds. The highest BCUT2D eigenvalue weighted by Gasteiger charge is 2.21. The Hall–Kier alpha value is -0.870. The normalized spacial score (nSPS) is 29.6. The molecule has 2 saturated heterocycles. The minimum Gasteiger partial charge on any atom is -0.449 e. The van der Waals surface area contributed by atoms with E-state index in [0.717, 1.165) is 44.2 Å². The lowest BCUT2D eigenvalue weighted by Gasteiger charge is -2.20. The summed E-state index contributed by atoms with van der Waals surface area (Å²) in [5, 5.41) is 6.81. The molecule has 0 bridgehead atoms. The largest absolute Gasteiger partial charge is 0.449 e. The van der Waals surface area contributed by atoms with Crippen LogP contribution in [0.25, 0.3) is 0 Å². The third-order valence-corrected chi connectivity index (χ3v) is 3.91. The molecule has 0 spiro atoms. The zero-order valence-corrected chi connectivity index (χ0v) is 10.2. The Kier molecular flexibility index (Phi) is 3.43. The summed E-state index contributed by atoms with van der Waals surface area (Å²) in [6, 6.07) is 0. The number of piperidine rings is 1. The van der Waals surface area contributed by atoms with E-state index in [-0.39, 0.29) is 0 Å². The Morgan fingerprint density at radius 3 is 2.94 bits per heavy atom. The van der Waals surface area contributed by atoms with Crippen molar-refractivity contribution >= 4 is 0 Å². The molecule has 2 unspecified atom stereocenters. The van der Waals surface area contributed by atoms with Crippen LogP contribution in [-0.4, -0.2) is 31.2 Å². The van der Waals surface area contributed by atoms with Gasteiger partial charge < -0.3 is 15.1 Å². The number of aromatic nitrogens is 1. The maximum atomic E-state index is 5.61. The van der Waals surface area contributed by atoms with E-state index < -0.39 is 0 Å². The molecule has 2 N–H and O–H groups in total. The molecule has 94 valence electrons. The van der Waals surface area contributed by atoms with Gasteiger partial charge in [-0.3, -0.25) is 0 Å². The first-order valence-corrected chi connectivity index (χ1v) is 6.77. The van der Waals surface area contributed by atoms with E-state index in [4.69, 9.17) is 4.42 Å². The van der Waals surface area contributed by atoms with Crippen molar-refractivity contribution in [2.75, 3.05) is 26.2 Å². The predicted octanol–water partition coefficient (Wildman–Crippen LogP) is 1.29. The van der Waals surface area contributed by atoms with Crippen molar-refractivity contribution < 1.29 is 4.42 Å². The Morgan fingerprint density at radius 1 is 1.24 bits per heavy atom. The molecule has 1 aromatic rings. The molecule has 2 aliphatic heterocycles. The summed E-state index contributed by atoms with van der Waals surface area (Å²) in [7, 11) is 0. The minimum atomic E-state index is 0.558. The highest BCUT2D eigenvalue weighted by atomic mass is 16.3. The van der Waals surface area contributed by atoms with Gasteiger partial charge in [0.05, 0.1) is 5.69 Å². The van der Waals surface area contributed by atoms with Crippen LogP contribution in [-0.2, 0) is 6.42 Å². The van der Waals surface area contributed by atoms with Gasteiger partial charge in [0.2, 0.25) is 0 Å². The Labute approximate surface area is 102 Å². The number of hydrogen-bond donors (Lipinski definition) is 2. The van der Waals surface area contributed by atoms with Crippen LogP contribution in [0.5, 0.6) is 0 Å². The number of rotatable bonds is 3. The van der Waals surface area contributed by atoms with E-state index >= 15 is 0 Å². The molecule has 4 heteroatoms. The molecular weight excluding hydrogens is 214 g/mol. The summed E-state index contributed by atoms with van der Waals surface area (Å²) >= 11 is 0. The second-order valence-electron chi connectivity index (χ2n) is 5.27. The third-order valence-electron chi connectivity index (χ3n) is 3.91. The lowest BCUT2D eigenvalue weighted by Crippen LogP contribution is -2.28. The van der Waals surface area contributed by atoms with Crippen molar-refractivity contribution in [2.24, 2.45) is 5.92 Å². The predicted molar refractivity (Wildman–Crippen MR) is 66.0 cm³/mol. The molecule has 0 aliphatic carbocycles. The van der Waals surface area contributed by atoms with Gasteiger partial charge in [-0.1, -0.05) is 0 Å². The van der Waals surface area contributed by atoms with Gasteiger partial charge in [-0.25, -0.2) is 4.98 Å². The smallest absolute Gasteiger partial charge is 0.194 e. The summed E-state index contributed by atoms with van der Waals surface area (Å²) < 4.78 is 5.61. The zero-order valence-electron chi connectivity index (χ0n) is 10.2. The number of oxazole rings is 1. The fraction of sp³-hybridized carbons (Fsp3) is 0.769. The number of hydrogen-bond acceptors (Lipinski definition) is 4. The minimum absolute atomic E-state index is 0.558. The van der Waals surface area contributed by atoms with Crippen molar-refractivity contribution in [1.29, 1.82) is 0 Å². The van der Waals surface area contributed by atoms with Gasteiger partial charge in [0.15, 0.2) is 5.89 Å². The first kappa shape index (κ1) is 11.2. The molecule has 1 aromatic heterocycles. The van der Waals surface area contributed by atoms with Gasteiger partial charge in [-0.05, 0) is 44.8 Å². The van der Waals surface area contributed by atoms with Gasteiger partial charge in [0.25, 0.3) is 0 Å². The van der Waals surface area contributed by atoms with Crippen molar-refractivity contribution in [3.8, 4) is 0 Å². The van der Waals surface area contributed by atoms with Crippen molar-refractivity contribution in [1.82, 2.24) is 15.6 Å². The van der Waals surface area contributed by atoms with Crippen LogP contribution in [0.3, 0.4) is 0 Å². The summed E-state index contributed by atoms with van der Waals surface area (Å²) in [5.74, 6) is 2.20. The second kappa shape index (κ2) is 5.19. The van der Waals surface area contributed by atoms with Crippen LogP contribution in [0, 0.1) is 5.92 Å². The van der Waals surface area contributed by atoms with Crippen molar-refractivity contribution in [3.05, 3.63) is 17.8 Å². The second-order valence-corrected chi connectivity index (χ2v) is 5.27. The molecule has 0 saturated carbocycles. The molecule has 3 heterocycles. The SMILES string of the molecule is c1oc(CC2CCNC2)nc1C1CCCNC1. The highest BCUT2D eigenvalue weighted by molar-refractivity contribution is 5.06.